The second kappa shape index (κ2) is 7.97. The first-order chi connectivity index (χ1) is 9.90. The average Bonchev–Trinajstić information content (AvgIpc) is 2.45. The molecule has 0 aliphatic heterocycles. The Hall–Kier alpha value is -1.63. The monoisotopic (exact) mass is 311 g/mol. The molecule has 1 rings (SSSR count). The van der Waals surface area contributed by atoms with Crippen LogP contribution in [0, 0.1) is 13.8 Å². The zero-order valence-electron chi connectivity index (χ0n) is 13.1. The third-order valence-corrected chi connectivity index (χ3v) is 3.71. The molecule has 0 fully saturated rings. The molecule has 1 aromatic rings. The molecule has 0 aliphatic carbocycles. The van der Waals surface area contributed by atoms with E-state index in [1.54, 1.807) is 18.9 Å². The minimum Gasteiger partial charge on any atom is -0.469 e. The number of hydrogen-bond acceptors (Lipinski definition) is 6. The summed E-state index contributed by atoms with van der Waals surface area (Å²) in [5, 5.41) is 0.685. The van der Waals surface area contributed by atoms with Gasteiger partial charge in [0, 0.05) is 20.0 Å². The third kappa shape index (κ3) is 4.70. The van der Waals surface area contributed by atoms with Gasteiger partial charge in [-0.3, -0.25) is 9.59 Å². The number of carbonyl (C=O) groups is 2. The van der Waals surface area contributed by atoms with Crippen molar-refractivity contribution in [3.63, 3.8) is 0 Å². The second-order valence-electron chi connectivity index (χ2n) is 4.65. The molecule has 7 heteroatoms. The molecule has 6 nitrogen and oxygen atoms in total. The van der Waals surface area contributed by atoms with E-state index in [0.29, 0.717) is 41.5 Å². The van der Waals surface area contributed by atoms with E-state index in [1.165, 1.54) is 18.9 Å². The summed E-state index contributed by atoms with van der Waals surface area (Å²) in [7, 11) is 3.07. The number of rotatable bonds is 6. The van der Waals surface area contributed by atoms with Gasteiger partial charge in [-0.25, -0.2) is 9.97 Å². The highest BCUT2D eigenvalue weighted by Gasteiger charge is 2.20. The molecule has 21 heavy (non-hydrogen) atoms. The number of carbonyl (C=O) groups excluding carboxylic acids is 2. The summed E-state index contributed by atoms with van der Waals surface area (Å²) in [6.45, 7) is 4.10. The molecule has 0 radical (unpaired) electrons. The van der Waals surface area contributed by atoms with Crippen LogP contribution in [0.4, 0.5) is 0 Å². The van der Waals surface area contributed by atoms with Crippen molar-refractivity contribution in [1.29, 1.82) is 0 Å². The van der Waals surface area contributed by atoms with E-state index < -0.39 is 0 Å². The molecule has 116 valence electrons. The molecule has 0 bridgehead atoms. The Morgan fingerprint density at radius 2 is 1.95 bits per heavy atom. The fraction of sp³-hybridized carbons (Fsp3) is 0.571. The van der Waals surface area contributed by atoms with Crippen LogP contribution in [0.5, 0.6) is 0 Å². The van der Waals surface area contributed by atoms with Gasteiger partial charge in [0.15, 0.2) is 0 Å². The SMILES string of the molecule is COC(=O)CCCN(C)C(=O)c1c(C)nc(C)nc1SC. The molecule has 1 amide bonds. The summed E-state index contributed by atoms with van der Waals surface area (Å²) < 4.78 is 4.58. The molecule has 0 spiro atoms. The third-order valence-electron chi connectivity index (χ3n) is 3.02. The fourth-order valence-electron chi connectivity index (χ4n) is 1.93. The Morgan fingerprint density at radius 3 is 2.52 bits per heavy atom. The normalized spacial score (nSPS) is 10.3. The van der Waals surface area contributed by atoms with Crippen LogP contribution in [-0.2, 0) is 9.53 Å². The lowest BCUT2D eigenvalue weighted by Crippen LogP contribution is -2.30. The number of esters is 1. The van der Waals surface area contributed by atoms with Gasteiger partial charge < -0.3 is 9.64 Å². The molecule has 0 saturated heterocycles. The second-order valence-corrected chi connectivity index (χ2v) is 5.44. The number of ether oxygens (including phenoxy) is 1. The smallest absolute Gasteiger partial charge is 0.305 e. The van der Waals surface area contributed by atoms with E-state index in [-0.39, 0.29) is 11.9 Å². The van der Waals surface area contributed by atoms with Crippen LogP contribution in [0.25, 0.3) is 0 Å². The first-order valence-corrected chi connectivity index (χ1v) is 7.84. The maximum Gasteiger partial charge on any atom is 0.305 e. The lowest BCUT2D eigenvalue weighted by atomic mass is 10.2. The van der Waals surface area contributed by atoms with Gasteiger partial charge in [0.2, 0.25) is 0 Å². The summed E-state index contributed by atoms with van der Waals surface area (Å²) in [6, 6.07) is 0. The van der Waals surface area contributed by atoms with Gasteiger partial charge in [-0.1, -0.05) is 0 Å². The van der Waals surface area contributed by atoms with Crippen LogP contribution in [-0.4, -0.2) is 53.7 Å². The highest BCUT2D eigenvalue weighted by Crippen LogP contribution is 2.21. The van der Waals surface area contributed by atoms with Gasteiger partial charge in [-0.05, 0) is 26.5 Å². The van der Waals surface area contributed by atoms with Crippen LogP contribution in [0.2, 0.25) is 0 Å². The number of aromatic nitrogens is 2. The molecule has 0 N–H and O–H groups in total. The standard InChI is InChI=1S/C14H21N3O3S/c1-9-12(13(21-5)16-10(2)15-9)14(19)17(3)8-6-7-11(18)20-4/h6-8H2,1-5H3. The molecule has 0 unspecified atom stereocenters. The van der Waals surface area contributed by atoms with Crippen molar-refractivity contribution in [2.24, 2.45) is 0 Å². The van der Waals surface area contributed by atoms with Gasteiger partial charge in [-0.15, -0.1) is 11.8 Å². The van der Waals surface area contributed by atoms with Gasteiger partial charge in [0.1, 0.15) is 10.9 Å². The minimum atomic E-state index is -0.268. The Labute approximate surface area is 129 Å². The fourth-order valence-corrected chi connectivity index (χ4v) is 2.59. The number of thioether (sulfide) groups is 1. The Bertz CT molecular complexity index is 534. The van der Waals surface area contributed by atoms with Crippen LogP contribution < -0.4 is 0 Å². The average molecular weight is 311 g/mol. The van der Waals surface area contributed by atoms with Crippen molar-refractivity contribution in [1.82, 2.24) is 14.9 Å². The predicted octanol–water partition coefficient (Wildman–Crippen LogP) is 1.84. The summed E-state index contributed by atoms with van der Waals surface area (Å²) >= 11 is 1.43. The summed E-state index contributed by atoms with van der Waals surface area (Å²) in [6.07, 6.45) is 2.75. The number of amides is 1. The van der Waals surface area contributed by atoms with Crippen LogP contribution in [0.3, 0.4) is 0 Å². The maximum atomic E-state index is 12.5. The predicted molar refractivity (Wildman–Crippen MR) is 81.5 cm³/mol. The summed E-state index contributed by atoms with van der Waals surface area (Å²) in [4.78, 5) is 33.8. The minimum absolute atomic E-state index is 0.123. The topological polar surface area (TPSA) is 72.4 Å². The van der Waals surface area contributed by atoms with Crippen LogP contribution >= 0.6 is 11.8 Å². The van der Waals surface area contributed by atoms with E-state index in [2.05, 4.69) is 14.7 Å². The number of methoxy groups -OCH3 is 1. The van der Waals surface area contributed by atoms with Gasteiger partial charge in [-0.2, -0.15) is 0 Å². The van der Waals surface area contributed by atoms with E-state index in [0.717, 1.165) is 0 Å². The highest BCUT2D eigenvalue weighted by atomic mass is 32.2. The molecule has 0 aliphatic rings. The van der Waals surface area contributed by atoms with E-state index in [4.69, 9.17) is 0 Å². The molecule has 0 atom stereocenters. The number of nitrogens with zero attached hydrogens (tertiary/aromatic N) is 3. The van der Waals surface area contributed by atoms with E-state index in [1.807, 2.05) is 13.2 Å². The van der Waals surface area contributed by atoms with Crippen molar-refractivity contribution in [2.75, 3.05) is 27.0 Å². The van der Waals surface area contributed by atoms with Crippen molar-refractivity contribution >= 4 is 23.6 Å². The van der Waals surface area contributed by atoms with Crippen molar-refractivity contribution < 1.29 is 14.3 Å². The van der Waals surface area contributed by atoms with Crippen molar-refractivity contribution in [3.8, 4) is 0 Å². The highest BCUT2D eigenvalue weighted by molar-refractivity contribution is 7.98. The largest absolute Gasteiger partial charge is 0.469 e. The Balaban J connectivity index is 2.81. The van der Waals surface area contributed by atoms with Gasteiger partial charge in [0.05, 0.1) is 18.4 Å². The molecular formula is C14H21N3O3S. The maximum absolute atomic E-state index is 12.5. The van der Waals surface area contributed by atoms with Crippen molar-refractivity contribution in [3.05, 3.63) is 17.1 Å². The molecule has 1 aromatic heterocycles. The zero-order chi connectivity index (χ0) is 16.0. The molecule has 0 aromatic carbocycles. The Morgan fingerprint density at radius 1 is 1.29 bits per heavy atom. The van der Waals surface area contributed by atoms with E-state index >= 15 is 0 Å². The zero-order valence-corrected chi connectivity index (χ0v) is 13.9. The quantitative estimate of drug-likeness (QED) is 0.453. The lowest BCUT2D eigenvalue weighted by Gasteiger charge is -2.19. The first kappa shape index (κ1) is 17.4. The van der Waals surface area contributed by atoms with Gasteiger partial charge >= 0.3 is 5.97 Å². The Kier molecular flexibility index (Phi) is 6.61. The van der Waals surface area contributed by atoms with Crippen molar-refractivity contribution in [2.45, 2.75) is 31.7 Å². The number of hydrogen-bond donors (Lipinski definition) is 0. The molecule has 0 saturated carbocycles. The number of aryl methyl sites for hydroxylation is 2. The van der Waals surface area contributed by atoms with E-state index in [9.17, 15) is 9.59 Å². The first-order valence-electron chi connectivity index (χ1n) is 6.62. The molecular weight excluding hydrogens is 290 g/mol. The summed E-state index contributed by atoms with van der Waals surface area (Å²) in [5.74, 6) is 0.263. The molecule has 1 heterocycles. The van der Waals surface area contributed by atoms with Gasteiger partial charge in [0.25, 0.3) is 5.91 Å². The van der Waals surface area contributed by atoms with Crippen LogP contribution in [0.15, 0.2) is 5.03 Å². The lowest BCUT2D eigenvalue weighted by molar-refractivity contribution is -0.140. The van der Waals surface area contributed by atoms with Crippen LogP contribution in [0.1, 0.15) is 34.7 Å². The summed E-state index contributed by atoms with van der Waals surface area (Å²) in [5.41, 5.74) is 1.21.